The van der Waals surface area contributed by atoms with Crippen molar-refractivity contribution < 1.29 is 14.6 Å². The van der Waals surface area contributed by atoms with Gasteiger partial charge in [-0.15, -0.1) is 0 Å². The highest BCUT2D eigenvalue weighted by Gasteiger charge is 2.03. The van der Waals surface area contributed by atoms with E-state index >= 15 is 0 Å². The number of carboxylic acid groups (broad SMARTS) is 1. The average Bonchev–Trinajstić information content (AvgIpc) is 2.62. The SMILES string of the molecule is CC(C)=CCC/C(C)=C/COc1ccc(-c2ccc(C(=O)O)cc2)cc1. The Morgan fingerprint density at radius 2 is 1.50 bits per heavy atom. The topological polar surface area (TPSA) is 46.5 Å². The Morgan fingerprint density at radius 3 is 2.04 bits per heavy atom. The van der Waals surface area contributed by atoms with Crippen molar-refractivity contribution in [3.8, 4) is 16.9 Å². The molecule has 26 heavy (non-hydrogen) atoms. The van der Waals surface area contributed by atoms with E-state index in [0.717, 1.165) is 29.7 Å². The molecule has 2 aromatic rings. The molecule has 0 aliphatic heterocycles. The first-order valence-electron chi connectivity index (χ1n) is 8.81. The van der Waals surface area contributed by atoms with E-state index in [4.69, 9.17) is 9.84 Å². The van der Waals surface area contributed by atoms with E-state index in [-0.39, 0.29) is 0 Å². The Bertz CT molecular complexity index is 777. The Balaban J connectivity index is 1.89. The first-order valence-corrected chi connectivity index (χ1v) is 8.81. The van der Waals surface area contributed by atoms with Gasteiger partial charge in [0.2, 0.25) is 0 Å². The highest BCUT2D eigenvalue weighted by Crippen LogP contribution is 2.23. The lowest BCUT2D eigenvalue weighted by Gasteiger charge is -2.07. The lowest BCUT2D eigenvalue weighted by molar-refractivity contribution is 0.0697. The third-order valence-corrected chi connectivity index (χ3v) is 4.09. The molecule has 0 saturated carbocycles. The largest absolute Gasteiger partial charge is 0.490 e. The van der Waals surface area contributed by atoms with Crippen LogP contribution in [0, 0.1) is 0 Å². The molecule has 0 aromatic heterocycles. The number of hydrogen-bond donors (Lipinski definition) is 1. The van der Waals surface area contributed by atoms with Crippen LogP contribution in [0.25, 0.3) is 11.1 Å². The van der Waals surface area contributed by atoms with E-state index in [9.17, 15) is 4.79 Å². The van der Waals surface area contributed by atoms with Crippen LogP contribution in [-0.4, -0.2) is 17.7 Å². The summed E-state index contributed by atoms with van der Waals surface area (Å²) in [6, 6.07) is 14.7. The molecule has 3 heteroatoms. The standard InChI is InChI=1S/C23H26O3/c1-17(2)5-4-6-18(3)15-16-26-22-13-11-20(12-14-22)19-7-9-21(10-8-19)23(24)25/h5,7-15H,4,6,16H2,1-3H3,(H,24,25)/b18-15+. The van der Waals surface area contributed by atoms with Gasteiger partial charge in [0, 0.05) is 0 Å². The Labute approximate surface area is 155 Å². The molecule has 0 atom stereocenters. The normalized spacial score (nSPS) is 11.1. The van der Waals surface area contributed by atoms with Crippen LogP contribution in [0.1, 0.15) is 44.0 Å². The Morgan fingerprint density at radius 1 is 0.923 bits per heavy atom. The number of benzene rings is 2. The summed E-state index contributed by atoms with van der Waals surface area (Å²) in [5.74, 6) is -0.0891. The van der Waals surface area contributed by atoms with Crippen molar-refractivity contribution in [2.75, 3.05) is 6.61 Å². The average molecular weight is 350 g/mol. The monoisotopic (exact) mass is 350 g/mol. The minimum atomic E-state index is -0.913. The van der Waals surface area contributed by atoms with Crippen molar-refractivity contribution in [2.24, 2.45) is 0 Å². The summed E-state index contributed by atoms with van der Waals surface area (Å²) in [5, 5.41) is 8.95. The second kappa shape index (κ2) is 9.62. The molecule has 0 saturated heterocycles. The second-order valence-electron chi connectivity index (χ2n) is 6.59. The molecule has 0 bridgehead atoms. The van der Waals surface area contributed by atoms with E-state index in [1.165, 1.54) is 11.1 Å². The molecule has 0 radical (unpaired) electrons. The number of hydrogen-bond acceptors (Lipinski definition) is 2. The number of allylic oxidation sites excluding steroid dienone is 3. The van der Waals surface area contributed by atoms with Gasteiger partial charge < -0.3 is 9.84 Å². The van der Waals surface area contributed by atoms with Crippen molar-refractivity contribution in [1.82, 2.24) is 0 Å². The Kier molecular flexibility index (Phi) is 7.22. The van der Waals surface area contributed by atoms with Crippen LogP contribution in [0.15, 0.2) is 71.8 Å². The van der Waals surface area contributed by atoms with Gasteiger partial charge in [0.25, 0.3) is 0 Å². The predicted octanol–water partition coefficient (Wildman–Crippen LogP) is 6.12. The molecule has 136 valence electrons. The van der Waals surface area contributed by atoms with Crippen molar-refractivity contribution in [1.29, 1.82) is 0 Å². The summed E-state index contributed by atoms with van der Waals surface area (Å²) in [6.45, 7) is 6.93. The summed E-state index contributed by atoms with van der Waals surface area (Å²) >= 11 is 0. The van der Waals surface area contributed by atoms with E-state index in [1.807, 2.05) is 36.4 Å². The Hall–Kier alpha value is -2.81. The molecule has 0 aliphatic rings. The fourth-order valence-corrected chi connectivity index (χ4v) is 2.52. The highest BCUT2D eigenvalue weighted by atomic mass is 16.5. The third-order valence-electron chi connectivity index (χ3n) is 4.09. The van der Waals surface area contributed by atoms with Crippen LogP contribution in [0.4, 0.5) is 0 Å². The van der Waals surface area contributed by atoms with Gasteiger partial charge in [-0.05, 0) is 75.1 Å². The van der Waals surface area contributed by atoms with Crippen molar-refractivity contribution in [3.63, 3.8) is 0 Å². The van der Waals surface area contributed by atoms with Crippen molar-refractivity contribution in [3.05, 3.63) is 77.4 Å². The van der Waals surface area contributed by atoms with Crippen molar-refractivity contribution in [2.45, 2.75) is 33.6 Å². The lowest BCUT2D eigenvalue weighted by Crippen LogP contribution is -1.95. The summed E-state index contributed by atoms with van der Waals surface area (Å²) in [5.41, 5.74) is 4.99. The first kappa shape index (κ1) is 19.5. The maximum Gasteiger partial charge on any atom is 0.335 e. The minimum absolute atomic E-state index is 0.292. The smallest absolute Gasteiger partial charge is 0.335 e. The van der Waals surface area contributed by atoms with Crippen LogP contribution in [0.5, 0.6) is 5.75 Å². The van der Waals surface area contributed by atoms with Gasteiger partial charge in [-0.2, -0.15) is 0 Å². The zero-order valence-corrected chi connectivity index (χ0v) is 15.7. The molecule has 0 unspecified atom stereocenters. The zero-order chi connectivity index (χ0) is 18.9. The maximum absolute atomic E-state index is 10.9. The predicted molar refractivity (Wildman–Crippen MR) is 107 cm³/mol. The molecular formula is C23H26O3. The van der Waals surface area contributed by atoms with E-state index in [2.05, 4.69) is 32.9 Å². The fraction of sp³-hybridized carbons (Fsp3) is 0.261. The molecule has 3 nitrogen and oxygen atoms in total. The number of carboxylic acids is 1. The summed E-state index contributed by atoms with van der Waals surface area (Å²) in [6.07, 6.45) is 6.50. The van der Waals surface area contributed by atoms with Gasteiger partial charge >= 0.3 is 5.97 Å². The van der Waals surface area contributed by atoms with Gasteiger partial charge in [-0.3, -0.25) is 0 Å². The molecule has 0 amide bonds. The lowest BCUT2D eigenvalue weighted by atomic mass is 10.0. The van der Waals surface area contributed by atoms with E-state index in [0.29, 0.717) is 12.2 Å². The summed E-state index contributed by atoms with van der Waals surface area (Å²) < 4.78 is 5.78. The number of ether oxygens (including phenoxy) is 1. The van der Waals surface area contributed by atoms with Crippen molar-refractivity contribution >= 4 is 5.97 Å². The van der Waals surface area contributed by atoms with Gasteiger partial charge in [-0.1, -0.05) is 41.5 Å². The molecule has 0 fully saturated rings. The van der Waals surface area contributed by atoms with Gasteiger partial charge in [0.15, 0.2) is 0 Å². The number of carbonyl (C=O) groups is 1. The molecule has 0 spiro atoms. The van der Waals surface area contributed by atoms with Gasteiger partial charge in [0.1, 0.15) is 12.4 Å². The van der Waals surface area contributed by atoms with E-state index in [1.54, 1.807) is 12.1 Å². The van der Waals surface area contributed by atoms with Crippen LogP contribution in [-0.2, 0) is 0 Å². The van der Waals surface area contributed by atoms with Crippen LogP contribution >= 0.6 is 0 Å². The summed E-state index contributed by atoms with van der Waals surface area (Å²) in [7, 11) is 0. The highest BCUT2D eigenvalue weighted by molar-refractivity contribution is 5.88. The minimum Gasteiger partial charge on any atom is -0.490 e. The van der Waals surface area contributed by atoms with Crippen LogP contribution in [0.3, 0.4) is 0 Å². The molecule has 2 rings (SSSR count). The quantitative estimate of drug-likeness (QED) is 0.583. The zero-order valence-electron chi connectivity index (χ0n) is 15.7. The molecule has 0 aliphatic carbocycles. The van der Waals surface area contributed by atoms with Gasteiger partial charge in [0.05, 0.1) is 5.56 Å². The number of rotatable bonds is 8. The molecule has 2 aromatic carbocycles. The summed E-state index contributed by atoms with van der Waals surface area (Å²) in [4.78, 5) is 10.9. The van der Waals surface area contributed by atoms with E-state index < -0.39 is 5.97 Å². The number of aromatic carboxylic acids is 1. The molecule has 0 heterocycles. The second-order valence-corrected chi connectivity index (χ2v) is 6.59. The van der Waals surface area contributed by atoms with Gasteiger partial charge in [-0.25, -0.2) is 4.79 Å². The first-order chi connectivity index (χ1) is 12.5. The molecular weight excluding hydrogens is 324 g/mol. The van der Waals surface area contributed by atoms with Crippen LogP contribution < -0.4 is 4.74 Å². The maximum atomic E-state index is 10.9. The van der Waals surface area contributed by atoms with Crippen LogP contribution in [0.2, 0.25) is 0 Å². The fourth-order valence-electron chi connectivity index (χ4n) is 2.52. The molecule has 1 N–H and O–H groups in total. The third kappa shape index (κ3) is 6.25.